The second-order valence-electron chi connectivity index (χ2n) is 5.28. The maximum absolute atomic E-state index is 12.2. The summed E-state index contributed by atoms with van der Waals surface area (Å²) in [6.45, 7) is 2.97. The molecule has 1 saturated heterocycles. The normalized spacial score (nSPS) is 20.5. The maximum Gasteiger partial charge on any atom is 0.303 e. The fraction of sp³-hybridized carbons (Fsp3) is 0.353. The molecule has 0 aromatic heterocycles. The molecule has 0 spiro atoms. The SMILES string of the molecule is CC(=O)OC1CN(C(=O)C=Cc2ccccc2)CC1OC(C)=O. The van der Waals surface area contributed by atoms with Crippen LogP contribution in [0.3, 0.4) is 0 Å². The van der Waals surface area contributed by atoms with Crippen molar-refractivity contribution in [1.29, 1.82) is 0 Å². The van der Waals surface area contributed by atoms with Crippen molar-refractivity contribution in [3.8, 4) is 0 Å². The predicted molar refractivity (Wildman–Crippen MR) is 83.2 cm³/mol. The lowest BCUT2D eigenvalue weighted by Crippen LogP contribution is -2.32. The minimum atomic E-state index is -0.634. The van der Waals surface area contributed by atoms with E-state index in [1.54, 1.807) is 6.08 Å². The summed E-state index contributed by atoms with van der Waals surface area (Å²) in [5.74, 6) is -1.16. The Kier molecular flexibility index (Phi) is 5.51. The Morgan fingerprint density at radius 2 is 1.52 bits per heavy atom. The monoisotopic (exact) mass is 317 g/mol. The molecule has 1 amide bonds. The lowest BCUT2D eigenvalue weighted by Gasteiger charge is -2.17. The van der Waals surface area contributed by atoms with Crippen LogP contribution in [0.5, 0.6) is 0 Å². The zero-order valence-electron chi connectivity index (χ0n) is 13.1. The Morgan fingerprint density at radius 3 is 2.00 bits per heavy atom. The molecule has 0 bridgehead atoms. The first-order valence-corrected chi connectivity index (χ1v) is 7.32. The van der Waals surface area contributed by atoms with E-state index in [4.69, 9.17) is 9.47 Å². The number of carbonyl (C=O) groups is 3. The van der Waals surface area contributed by atoms with Crippen molar-refractivity contribution in [2.24, 2.45) is 0 Å². The zero-order chi connectivity index (χ0) is 16.8. The highest BCUT2D eigenvalue weighted by molar-refractivity contribution is 5.92. The predicted octanol–water partition coefficient (Wildman–Crippen LogP) is 1.41. The number of ether oxygens (including phenoxy) is 2. The molecule has 1 aromatic rings. The molecule has 0 N–H and O–H groups in total. The minimum Gasteiger partial charge on any atom is -0.457 e. The third-order valence-corrected chi connectivity index (χ3v) is 3.38. The molecular weight excluding hydrogens is 298 g/mol. The molecule has 1 fully saturated rings. The molecule has 0 saturated carbocycles. The zero-order valence-corrected chi connectivity index (χ0v) is 13.1. The number of amides is 1. The molecular formula is C17H19NO5. The number of hydrogen-bond donors (Lipinski definition) is 0. The molecule has 2 unspecified atom stereocenters. The number of likely N-dealkylation sites (tertiary alicyclic amines) is 1. The molecule has 1 heterocycles. The highest BCUT2D eigenvalue weighted by atomic mass is 16.6. The van der Waals surface area contributed by atoms with Crippen LogP contribution in [0, 0.1) is 0 Å². The fourth-order valence-electron chi connectivity index (χ4n) is 2.41. The van der Waals surface area contributed by atoms with Crippen LogP contribution in [-0.2, 0) is 23.9 Å². The molecule has 0 radical (unpaired) electrons. The number of esters is 2. The van der Waals surface area contributed by atoms with E-state index in [1.807, 2.05) is 30.3 Å². The van der Waals surface area contributed by atoms with Gasteiger partial charge in [0, 0.05) is 19.9 Å². The number of benzene rings is 1. The largest absolute Gasteiger partial charge is 0.457 e. The van der Waals surface area contributed by atoms with E-state index < -0.39 is 24.1 Å². The summed E-state index contributed by atoms with van der Waals surface area (Å²) in [5, 5.41) is 0. The first-order chi connectivity index (χ1) is 11.0. The van der Waals surface area contributed by atoms with Gasteiger partial charge in [-0.3, -0.25) is 14.4 Å². The van der Waals surface area contributed by atoms with Gasteiger partial charge in [0.1, 0.15) is 0 Å². The Morgan fingerprint density at radius 1 is 1.00 bits per heavy atom. The van der Waals surface area contributed by atoms with E-state index in [1.165, 1.54) is 24.8 Å². The standard InChI is InChI=1S/C17H19NO5/c1-12(19)22-15-10-18(11-16(15)23-13(2)20)17(21)9-8-14-6-4-3-5-7-14/h3-9,15-16H,10-11H2,1-2H3. The van der Waals surface area contributed by atoms with E-state index in [-0.39, 0.29) is 19.0 Å². The fourth-order valence-corrected chi connectivity index (χ4v) is 2.41. The average molecular weight is 317 g/mol. The molecule has 6 heteroatoms. The molecule has 1 aromatic carbocycles. The second-order valence-corrected chi connectivity index (χ2v) is 5.28. The van der Waals surface area contributed by atoms with E-state index in [0.29, 0.717) is 0 Å². The molecule has 2 rings (SSSR count). The first kappa shape index (κ1) is 16.7. The van der Waals surface area contributed by atoms with Crippen LogP contribution in [-0.4, -0.2) is 48.0 Å². The molecule has 6 nitrogen and oxygen atoms in total. The highest BCUT2D eigenvalue weighted by Crippen LogP contribution is 2.18. The van der Waals surface area contributed by atoms with Crippen molar-refractivity contribution >= 4 is 23.9 Å². The van der Waals surface area contributed by atoms with Crippen LogP contribution in [0.1, 0.15) is 19.4 Å². The third kappa shape index (κ3) is 4.95. The third-order valence-electron chi connectivity index (χ3n) is 3.38. The number of rotatable bonds is 4. The van der Waals surface area contributed by atoms with Crippen LogP contribution in [0.15, 0.2) is 36.4 Å². The van der Waals surface area contributed by atoms with Crippen molar-refractivity contribution in [2.75, 3.05) is 13.1 Å². The number of carbonyl (C=O) groups excluding carboxylic acids is 3. The van der Waals surface area contributed by atoms with Gasteiger partial charge in [-0.15, -0.1) is 0 Å². The van der Waals surface area contributed by atoms with E-state index >= 15 is 0 Å². The van der Waals surface area contributed by atoms with Gasteiger partial charge in [0.25, 0.3) is 0 Å². The quantitative estimate of drug-likeness (QED) is 0.620. The van der Waals surface area contributed by atoms with Gasteiger partial charge in [-0.1, -0.05) is 30.3 Å². The molecule has 23 heavy (non-hydrogen) atoms. The summed E-state index contributed by atoms with van der Waals surface area (Å²) < 4.78 is 10.3. The molecule has 2 atom stereocenters. The van der Waals surface area contributed by atoms with Crippen LogP contribution < -0.4 is 0 Å². The van der Waals surface area contributed by atoms with Crippen LogP contribution in [0.25, 0.3) is 6.08 Å². The van der Waals surface area contributed by atoms with Gasteiger partial charge >= 0.3 is 11.9 Å². The highest BCUT2D eigenvalue weighted by Gasteiger charge is 2.38. The minimum absolute atomic E-state index is 0.204. The summed E-state index contributed by atoms with van der Waals surface area (Å²) in [5.41, 5.74) is 0.910. The van der Waals surface area contributed by atoms with Crippen molar-refractivity contribution < 1.29 is 23.9 Å². The van der Waals surface area contributed by atoms with E-state index in [9.17, 15) is 14.4 Å². The van der Waals surface area contributed by atoms with Gasteiger partial charge in [-0.05, 0) is 11.6 Å². The summed E-state index contributed by atoms with van der Waals surface area (Å²) in [4.78, 5) is 36.0. The maximum atomic E-state index is 12.2. The van der Waals surface area contributed by atoms with Crippen molar-refractivity contribution in [1.82, 2.24) is 4.90 Å². The van der Waals surface area contributed by atoms with Gasteiger partial charge in [0.15, 0.2) is 12.2 Å². The lowest BCUT2D eigenvalue weighted by atomic mass is 10.2. The number of hydrogen-bond acceptors (Lipinski definition) is 5. The number of nitrogens with zero attached hydrogens (tertiary/aromatic N) is 1. The van der Waals surface area contributed by atoms with Crippen LogP contribution in [0.2, 0.25) is 0 Å². The van der Waals surface area contributed by atoms with Gasteiger partial charge in [0.2, 0.25) is 5.91 Å². The Labute approximate surface area is 134 Å². The smallest absolute Gasteiger partial charge is 0.303 e. The molecule has 0 aliphatic carbocycles. The molecule has 1 aliphatic heterocycles. The van der Waals surface area contributed by atoms with E-state index in [2.05, 4.69) is 0 Å². The Bertz CT molecular complexity index is 587. The van der Waals surface area contributed by atoms with E-state index in [0.717, 1.165) is 5.56 Å². The van der Waals surface area contributed by atoms with Gasteiger partial charge < -0.3 is 14.4 Å². The lowest BCUT2D eigenvalue weighted by molar-refractivity contribution is -0.160. The summed E-state index contributed by atoms with van der Waals surface area (Å²) in [7, 11) is 0. The summed E-state index contributed by atoms with van der Waals surface area (Å²) in [6.07, 6.45) is 1.90. The van der Waals surface area contributed by atoms with Gasteiger partial charge in [0.05, 0.1) is 13.1 Å². The van der Waals surface area contributed by atoms with Gasteiger partial charge in [-0.25, -0.2) is 0 Å². The molecule has 122 valence electrons. The van der Waals surface area contributed by atoms with Crippen LogP contribution >= 0.6 is 0 Å². The van der Waals surface area contributed by atoms with Crippen molar-refractivity contribution in [3.63, 3.8) is 0 Å². The summed E-state index contributed by atoms with van der Waals surface area (Å²) >= 11 is 0. The van der Waals surface area contributed by atoms with Crippen molar-refractivity contribution in [2.45, 2.75) is 26.1 Å². The topological polar surface area (TPSA) is 72.9 Å². The Balaban J connectivity index is 2.02. The van der Waals surface area contributed by atoms with Crippen molar-refractivity contribution in [3.05, 3.63) is 42.0 Å². The summed E-state index contributed by atoms with van der Waals surface area (Å²) in [6, 6.07) is 9.43. The Hall–Kier alpha value is -2.63. The average Bonchev–Trinajstić information content (AvgIpc) is 2.87. The second kappa shape index (κ2) is 7.58. The first-order valence-electron chi connectivity index (χ1n) is 7.32. The van der Waals surface area contributed by atoms with Crippen LogP contribution in [0.4, 0.5) is 0 Å². The van der Waals surface area contributed by atoms with Gasteiger partial charge in [-0.2, -0.15) is 0 Å². The molecule has 1 aliphatic rings.